The molecule has 0 fully saturated rings. The van der Waals surface area contributed by atoms with Crippen LogP contribution < -0.4 is 0 Å². The molecule has 2 aromatic rings. The average Bonchev–Trinajstić information content (AvgIpc) is 2.87. The van der Waals surface area contributed by atoms with Crippen LogP contribution in [-0.2, 0) is 16.3 Å². The highest BCUT2D eigenvalue weighted by Gasteiger charge is 2.21. The van der Waals surface area contributed by atoms with Crippen molar-refractivity contribution in [1.82, 2.24) is 0 Å². The van der Waals surface area contributed by atoms with Crippen molar-refractivity contribution in [2.75, 3.05) is 5.75 Å². The van der Waals surface area contributed by atoms with Gasteiger partial charge in [-0.2, -0.15) is 0 Å². The molecule has 0 radical (unpaired) electrons. The Kier molecular flexibility index (Phi) is 4.35. The van der Waals surface area contributed by atoms with E-state index in [9.17, 15) is 17.6 Å². The number of hydrogen-bond donors (Lipinski definition) is 0. The lowest BCUT2D eigenvalue weighted by Gasteiger charge is -2.03. The normalized spacial score (nSPS) is 11.5. The SMILES string of the molecule is CCc1ccc(C(=O)CS(=O)(=O)c2cccc(F)c2)s1. The summed E-state index contributed by atoms with van der Waals surface area (Å²) in [5.41, 5.74) is 0. The Morgan fingerprint density at radius 3 is 2.60 bits per heavy atom. The van der Waals surface area contributed by atoms with Crippen LogP contribution >= 0.6 is 11.3 Å². The van der Waals surface area contributed by atoms with Crippen molar-refractivity contribution in [3.8, 4) is 0 Å². The van der Waals surface area contributed by atoms with Crippen LogP contribution in [0.5, 0.6) is 0 Å². The molecule has 0 bridgehead atoms. The minimum Gasteiger partial charge on any atom is -0.292 e. The van der Waals surface area contributed by atoms with Gasteiger partial charge in [0.1, 0.15) is 11.6 Å². The van der Waals surface area contributed by atoms with E-state index in [0.717, 1.165) is 23.4 Å². The second kappa shape index (κ2) is 5.85. The van der Waals surface area contributed by atoms with E-state index in [4.69, 9.17) is 0 Å². The molecule has 3 nitrogen and oxygen atoms in total. The Labute approximate surface area is 121 Å². The molecule has 0 aliphatic heterocycles. The number of ketones is 1. The van der Waals surface area contributed by atoms with Crippen LogP contribution in [0.1, 0.15) is 21.5 Å². The summed E-state index contributed by atoms with van der Waals surface area (Å²) in [5.74, 6) is -1.73. The molecular formula is C14H13FO3S2. The van der Waals surface area contributed by atoms with E-state index < -0.39 is 27.2 Å². The summed E-state index contributed by atoms with van der Waals surface area (Å²) in [6, 6.07) is 8.13. The smallest absolute Gasteiger partial charge is 0.188 e. The van der Waals surface area contributed by atoms with Gasteiger partial charge in [-0.15, -0.1) is 11.3 Å². The Morgan fingerprint density at radius 1 is 1.25 bits per heavy atom. The lowest BCUT2D eigenvalue weighted by atomic mass is 10.3. The van der Waals surface area contributed by atoms with E-state index in [0.29, 0.717) is 4.88 Å². The fraction of sp³-hybridized carbons (Fsp3) is 0.214. The molecule has 106 valence electrons. The van der Waals surface area contributed by atoms with Gasteiger partial charge >= 0.3 is 0 Å². The lowest BCUT2D eigenvalue weighted by molar-refractivity contribution is 0.102. The summed E-state index contributed by atoms with van der Waals surface area (Å²) in [6.45, 7) is 1.96. The number of carbonyl (C=O) groups excluding carboxylic acids is 1. The first-order valence-electron chi connectivity index (χ1n) is 6.02. The van der Waals surface area contributed by atoms with Crippen molar-refractivity contribution in [1.29, 1.82) is 0 Å². The third-order valence-electron chi connectivity index (χ3n) is 2.76. The van der Waals surface area contributed by atoms with E-state index in [1.54, 1.807) is 6.07 Å². The van der Waals surface area contributed by atoms with Crippen LogP contribution in [0.2, 0.25) is 0 Å². The summed E-state index contributed by atoms with van der Waals surface area (Å²) in [5, 5.41) is 0. The predicted molar refractivity (Wildman–Crippen MR) is 76.5 cm³/mol. The topological polar surface area (TPSA) is 51.2 Å². The highest BCUT2D eigenvalue weighted by molar-refractivity contribution is 7.92. The van der Waals surface area contributed by atoms with E-state index >= 15 is 0 Å². The molecule has 2 rings (SSSR count). The van der Waals surface area contributed by atoms with Crippen LogP contribution in [0.4, 0.5) is 4.39 Å². The zero-order valence-corrected chi connectivity index (χ0v) is 12.4. The number of hydrogen-bond acceptors (Lipinski definition) is 4. The average molecular weight is 312 g/mol. The molecule has 0 N–H and O–H groups in total. The van der Waals surface area contributed by atoms with Gasteiger partial charge in [0.2, 0.25) is 0 Å². The van der Waals surface area contributed by atoms with Crippen molar-refractivity contribution in [2.45, 2.75) is 18.2 Å². The summed E-state index contributed by atoms with van der Waals surface area (Å²) >= 11 is 1.29. The van der Waals surface area contributed by atoms with Gasteiger partial charge in [-0.05, 0) is 36.8 Å². The van der Waals surface area contributed by atoms with Gasteiger partial charge < -0.3 is 0 Å². The first kappa shape index (κ1) is 14.9. The number of halogens is 1. The molecule has 0 atom stereocenters. The second-order valence-corrected chi connectivity index (χ2v) is 7.42. The molecular weight excluding hydrogens is 299 g/mol. The molecule has 20 heavy (non-hydrogen) atoms. The van der Waals surface area contributed by atoms with Gasteiger partial charge in [0.25, 0.3) is 0 Å². The first-order chi connectivity index (χ1) is 9.42. The highest BCUT2D eigenvalue weighted by atomic mass is 32.2. The summed E-state index contributed by atoms with van der Waals surface area (Å²) in [4.78, 5) is 13.3. The Hall–Kier alpha value is -1.53. The molecule has 0 unspecified atom stereocenters. The zero-order chi connectivity index (χ0) is 14.8. The maximum absolute atomic E-state index is 13.1. The van der Waals surface area contributed by atoms with Crippen LogP contribution in [0.15, 0.2) is 41.3 Å². The van der Waals surface area contributed by atoms with Gasteiger partial charge in [-0.1, -0.05) is 13.0 Å². The Morgan fingerprint density at radius 2 is 2.00 bits per heavy atom. The predicted octanol–water partition coefficient (Wildman–Crippen LogP) is 3.11. The standard InChI is InChI=1S/C14H13FO3S2/c1-2-11-6-7-14(19-11)13(16)9-20(17,18)12-5-3-4-10(15)8-12/h3-8H,2,9H2,1H3. The fourth-order valence-corrected chi connectivity index (χ4v) is 3.93. The molecule has 0 amide bonds. The number of aryl methyl sites for hydroxylation is 1. The van der Waals surface area contributed by atoms with Crippen LogP contribution in [-0.4, -0.2) is 20.0 Å². The fourth-order valence-electron chi connectivity index (χ4n) is 1.71. The van der Waals surface area contributed by atoms with Gasteiger partial charge in [-0.3, -0.25) is 4.79 Å². The van der Waals surface area contributed by atoms with Crippen molar-refractivity contribution in [3.05, 3.63) is 52.0 Å². The number of sulfone groups is 1. The highest BCUT2D eigenvalue weighted by Crippen LogP contribution is 2.20. The Bertz CT molecular complexity index is 732. The van der Waals surface area contributed by atoms with E-state index in [1.165, 1.54) is 23.5 Å². The van der Waals surface area contributed by atoms with Crippen LogP contribution in [0.3, 0.4) is 0 Å². The Balaban J connectivity index is 2.22. The molecule has 0 saturated heterocycles. The summed E-state index contributed by atoms with van der Waals surface area (Å²) < 4.78 is 37.2. The maximum atomic E-state index is 13.1. The molecule has 0 saturated carbocycles. The van der Waals surface area contributed by atoms with Gasteiger partial charge in [0.05, 0.1) is 9.77 Å². The van der Waals surface area contributed by atoms with Crippen LogP contribution in [0, 0.1) is 5.82 Å². The third-order valence-corrected chi connectivity index (χ3v) is 5.65. The van der Waals surface area contributed by atoms with E-state index in [-0.39, 0.29) is 4.90 Å². The molecule has 1 aromatic carbocycles. The van der Waals surface area contributed by atoms with Crippen molar-refractivity contribution < 1.29 is 17.6 Å². The van der Waals surface area contributed by atoms with E-state index in [1.807, 2.05) is 13.0 Å². The van der Waals surface area contributed by atoms with Crippen molar-refractivity contribution in [2.24, 2.45) is 0 Å². The molecule has 0 aliphatic rings. The number of carbonyl (C=O) groups is 1. The van der Waals surface area contributed by atoms with Crippen molar-refractivity contribution in [3.63, 3.8) is 0 Å². The van der Waals surface area contributed by atoms with Crippen LogP contribution in [0.25, 0.3) is 0 Å². The largest absolute Gasteiger partial charge is 0.292 e. The minimum absolute atomic E-state index is 0.168. The quantitative estimate of drug-likeness (QED) is 0.797. The molecule has 1 heterocycles. The summed E-state index contributed by atoms with van der Waals surface area (Å²) in [6.07, 6.45) is 0.800. The lowest BCUT2D eigenvalue weighted by Crippen LogP contribution is -2.15. The molecule has 1 aromatic heterocycles. The summed E-state index contributed by atoms with van der Waals surface area (Å²) in [7, 11) is -3.81. The van der Waals surface area contributed by atoms with Gasteiger partial charge in [-0.25, -0.2) is 12.8 Å². The third kappa shape index (κ3) is 3.32. The van der Waals surface area contributed by atoms with Gasteiger partial charge in [0.15, 0.2) is 15.6 Å². The number of benzene rings is 1. The first-order valence-corrected chi connectivity index (χ1v) is 8.49. The molecule has 0 spiro atoms. The number of rotatable bonds is 5. The van der Waals surface area contributed by atoms with E-state index in [2.05, 4.69) is 0 Å². The number of thiophene rings is 1. The molecule has 6 heteroatoms. The monoisotopic (exact) mass is 312 g/mol. The number of Topliss-reactive ketones (excluding diaryl/α,β-unsaturated/α-hetero) is 1. The van der Waals surface area contributed by atoms with Crippen molar-refractivity contribution >= 4 is 27.0 Å². The van der Waals surface area contributed by atoms with Gasteiger partial charge in [0, 0.05) is 4.88 Å². The maximum Gasteiger partial charge on any atom is 0.188 e. The second-order valence-electron chi connectivity index (χ2n) is 4.26. The molecule has 0 aliphatic carbocycles. The minimum atomic E-state index is -3.81. The zero-order valence-electron chi connectivity index (χ0n) is 10.8.